The number of pyridine rings is 1. The second-order valence-electron chi connectivity index (χ2n) is 3.88. The number of ether oxygens (including phenoxy) is 1. The molecule has 0 aliphatic heterocycles. The van der Waals surface area contributed by atoms with Gasteiger partial charge in [-0.15, -0.1) is 13.2 Å². The minimum Gasteiger partial charge on any atom is -0.405 e. The van der Waals surface area contributed by atoms with Crippen molar-refractivity contribution < 1.29 is 17.9 Å². The zero-order chi connectivity index (χ0) is 14.6. The molecular weight excluding hydrogens is 293 g/mol. The Bertz CT molecular complexity index is 573. The summed E-state index contributed by atoms with van der Waals surface area (Å²) in [7, 11) is 0. The van der Waals surface area contributed by atoms with Crippen LogP contribution < -0.4 is 10.1 Å². The van der Waals surface area contributed by atoms with Gasteiger partial charge in [0.1, 0.15) is 10.9 Å². The van der Waals surface area contributed by atoms with Gasteiger partial charge >= 0.3 is 6.36 Å². The van der Waals surface area contributed by atoms with Gasteiger partial charge < -0.3 is 10.1 Å². The van der Waals surface area contributed by atoms with E-state index in [1.165, 1.54) is 18.3 Å². The SMILES string of the molecule is FC(F)(F)Oc1ccccc1CNc1ccc(Cl)nc1. The summed E-state index contributed by atoms with van der Waals surface area (Å²) in [5.74, 6) is -0.227. The Kier molecular flexibility index (Phi) is 4.34. The average molecular weight is 303 g/mol. The van der Waals surface area contributed by atoms with Gasteiger partial charge in [-0.3, -0.25) is 0 Å². The summed E-state index contributed by atoms with van der Waals surface area (Å²) in [4.78, 5) is 3.86. The molecule has 1 N–H and O–H groups in total. The van der Waals surface area contributed by atoms with Crippen LogP contribution in [0.25, 0.3) is 0 Å². The molecule has 0 saturated heterocycles. The van der Waals surface area contributed by atoms with E-state index in [0.29, 0.717) is 16.4 Å². The molecule has 106 valence electrons. The average Bonchev–Trinajstić information content (AvgIpc) is 2.38. The molecule has 0 aliphatic rings. The van der Waals surface area contributed by atoms with E-state index < -0.39 is 6.36 Å². The second-order valence-corrected chi connectivity index (χ2v) is 4.27. The molecule has 7 heteroatoms. The molecule has 20 heavy (non-hydrogen) atoms. The summed E-state index contributed by atoms with van der Waals surface area (Å²) in [6.45, 7) is 0.176. The van der Waals surface area contributed by atoms with Crippen LogP contribution in [-0.2, 0) is 6.54 Å². The van der Waals surface area contributed by atoms with Crippen molar-refractivity contribution in [2.45, 2.75) is 12.9 Å². The number of hydrogen-bond acceptors (Lipinski definition) is 3. The maximum absolute atomic E-state index is 12.3. The van der Waals surface area contributed by atoms with Gasteiger partial charge in [0, 0.05) is 12.1 Å². The van der Waals surface area contributed by atoms with Gasteiger partial charge in [0.25, 0.3) is 0 Å². The first-order valence-corrected chi connectivity index (χ1v) is 6.01. The van der Waals surface area contributed by atoms with Crippen molar-refractivity contribution in [1.82, 2.24) is 4.98 Å². The molecule has 1 aromatic carbocycles. The van der Waals surface area contributed by atoms with E-state index in [0.717, 1.165) is 0 Å². The minimum absolute atomic E-state index is 0.176. The summed E-state index contributed by atoms with van der Waals surface area (Å²) in [5.41, 5.74) is 1.04. The van der Waals surface area contributed by atoms with E-state index in [1.54, 1.807) is 24.3 Å². The maximum Gasteiger partial charge on any atom is 0.573 e. The van der Waals surface area contributed by atoms with Gasteiger partial charge in [-0.05, 0) is 18.2 Å². The first kappa shape index (κ1) is 14.5. The number of anilines is 1. The first-order valence-electron chi connectivity index (χ1n) is 5.63. The summed E-state index contributed by atoms with van der Waals surface area (Å²) in [5, 5.41) is 3.29. The van der Waals surface area contributed by atoms with Crippen molar-refractivity contribution >= 4 is 17.3 Å². The second kappa shape index (κ2) is 6.00. The van der Waals surface area contributed by atoms with Crippen molar-refractivity contribution in [3.05, 3.63) is 53.3 Å². The number of aromatic nitrogens is 1. The molecule has 2 rings (SSSR count). The normalized spacial score (nSPS) is 11.2. The maximum atomic E-state index is 12.3. The lowest BCUT2D eigenvalue weighted by atomic mass is 10.2. The minimum atomic E-state index is -4.71. The molecule has 2 aromatic rings. The molecule has 0 bridgehead atoms. The number of halogens is 4. The van der Waals surface area contributed by atoms with Crippen LogP contribution in [0.4, 0.5) is 18.9 Å². The molecule has 0 amide bonds. The fraction of sp³-hybridized carbons (Fsp3) is 0.154. The van der Waals surface area contributed by atoms with Gasteiger partial charge in [-0.1, -0.05) is 29.8 Å². The predicted molar refractivity (Wildman–Crippen MR) is 69.7 cm³/mol. The molecule has 0 radical (unpaired) electrons. The van der Waals surface area contributed by atoms with E-state index in [1.807, 2.05) is 0 Å². The molecule has 0 aliphatic carbocycles. The van der Waals surface area contributed by atoms with Gasteiger partial charge in [-0.2, -0.15) is 0 Å². The number of nitrogens with zero attached hydrogens (tertiary/aromatic N) is 1. The third-order valence-electron chi connectivity index (χ3n) is 2.41. The molecule has 0 saturated carbocycles. The number of benzene rings is 1. The van der Waals surface area contributed by atoms with Gasteiger partial charge in [0.15, 0.2) is 0 Å². The number of hydrogen-bond donors (Lipinski definition) is 1. The third-order valence-corrected chi connectivity index (χ3v) is 2.63. The van der Waals surface area contributed by atoms with Gasteiger partial charge in [0.05, 0.1) is 11.9 Å². The molecule has 1 heterocycles. The Balaban J connectivity index is 2.07. The van der Waals surface area contributed by atoms with E-state index >= 15 is 0 Å². The summed E-state index contributed by atoms with van der Waals surface area (Å²) in [6, 6.07) is 9.21. The topological polar surface area (TPSA) is 34.1 Å². The van der Waals surface area contributed by atoms with Crippen LogP contribution in [0.15, 0.2) is 42.6 Å². The van der Waals surface area contributed by atoms with Crippen molar-refractivity contribution in [3.8, 4) is 5.75 Å². The molecule has 0 unspecified atom stereocenters. The van der Waals surface area contributed by atoms with E-state index in [9.17, 15) is 13.2 Å². The lowest BCUT2D eigenvalue weighted by molar-refractivity contribution is -0.274. The van der Waals surface area contributed by atoms with Crippen LogP contribution in [0.1, 0.15) is 5.56 Å². The molecule has 1 aromatic heterocycles. The number of rotatable bonds is 4. The lowest BCUT2D eigenvalue weighted by Crippen LogP contribution is -2.18. The van der Waals surface area contributed by atoms with E-state index in [-0.39, 0.29) is 12.3 Å². The van der Waals surface area contributed by atoms with Crippen LogP contribution in [0.2, 0.25) is 5.15 Å². The van der Waals surface area contributed by atoms with Crippen molar-refractivity contribution in [3.63, 3.8) is 0 Å². The van der Waals surface area contributed by atoms with Crippen molar-refractivity contribution in [1.29, 1.82) is 0 Å². The molecule has 0 spiro atoms. The van der Waals surface area contributed by atoms with Crippen LogP contribution in [-0.4, -0.2) is 11.3 Å². The monoisotopic (exact) mass is 302 g/mol. The quantitative estimate of drug-likeness (QED) is 0.858. The zero-order valence-electron chi connectivity index (χ0n) is 10.1. The summed E-state index contributed by atoms with van der Waals surface area (Å²) in [6.07, 6.45) is -3.21. The standard InChI is InChI=1S/C13H10ClF3N2O/c14-12-6-5-10(8-19-12)18-7-9-3-1-2-4-11(9)20-13(15,16)17/h1-6,8,18H,7H2. The summed E-state index contributed by atoms with van der Waals surface area (Å²) < 4.78 is 40.7. The van der Waals surface area contributed by atoms with Crippen LogP contribution in [0, 0.1) is 0 Å². The van der Waals surface area contributed by atoms with Crippen LogP contribution in [0.3, 0.4) is 0 Å². The molecule has 0 atom stereocenters. The highest BCUT2D eigenvalue weighted by molar-refractivity contribution is 6.29. The molecular formula is C13H10ClF3N2O. The van der Waals surface area contributed by atoms with Crippen LogP contribution in [0.5, 0.6) is 5.75 Å². The highest BCUT2D eigenvalue weighted by Crippen LogP contribution is 2.26. The van der Waals surface area contributed by atoms with E-state index in [4.69, 9.17) is 11.6 Å². The highest BCUT2D eigenvalue weighted by atomic mass is 35.5. The fourth-order valence-corrected chi connectivity index (χ4v) is 1.66. The van der Waals surface area contributed by atoms with Crippen molar-refractivity contribution in [2.24, 2.45) is 0 Å². The number of para-hydroxylation sites is 1. The zero-order valence-corrected chi connectivity index (χ0v) is 10.9. The Hall–Kier alpha value is -1.95. The first-order chi connectivity index (χ1) is 9.44. The Morgan fingerprint density at radius 1 is 1.15 bits per heavy atom. The molecule has 3 nitrogen and oxygen atoms in total. The van der Waals surface area contributed by atoms with Crippen LogP contribution >= 0.6 is 11.6 Å². The largest absolute Gasteiger partial charge is 0.573 e. The van der Waals surface area contributed by atoms with Gasteiger partial charge in [0.2, 0.25) is 0 Å². The molecule has 0 fully saturated rings. The Morgan fingerprint density at radius 2 is 1.90 bits per heavy atom. The fourth-order valence-electron chi connectivity index (χ4n) is 1.55. The highest BCUT2D eigenvalue weighted by Gasteiger charge is 2.31. The predicted octanol–water partition coefficient (Wildman–Crippen LogP) is 4.25. The third kappa shape index (κ3) is 4.31. The number of alkyl halides is 3. The summed E-state index contributed by atoms with van der Waals surface area (Å²) >= 11 is 5.64. The number of nitrogens with one attached hydrogen (secondary N) is 1. The van der Waals surface area contributed by atoms with Gasteiger partial charge in [-0.25, -0.2) is 4.98 Å². The Labute approximate surface area is 118 Å². The smallest absolute Gasteiger partial charge is 0.405 e. The van der Waals surface area contributed by atoms with Crippen molar-refractivity contribution in [2.75, 3.05) is 5.32 Å². The lowest BCUT2D eigenvalue weighted by Gasteiger charge is -2.14. The van der Waals surface area contributed by atoms with E-state index in [2.05, 4.69) is 15.0 Å². The Morgan fingerprint density at radius 3 is 2.55 bits per heavy atom.